The summed E-state index contributed by atoms with van der Waals surface area (Å²) in [5.41, 5.74) is 1.73. The number of hydrogen-bond donors (Lipinski definition) is 1. The molecule has 0 atom stereocenters. The van der Waals surface area contributed by atoms with Crippen LogP contribution in [0.15, 0.2) is 42.5 Å². The van der Waals surface area contributed by atoms with Gasteiger partial charge in [-0.25, -0.2) is 0 Å². The second-order valence-electron chi connectivity index (χ2n) is 6.01. The van der Waals surface area contributed by atoms with Gasteiger partial charge in [0, 0.05) is 11.1 Å². The Labute approximate surface area is 136 Å². The van der Waals surface area contributed by atoms with Crippen LogP contribution in [0.1, 0.15) is 47.1 Å². The van der Waals surface area contributed by atoms with Gasteiger partial charge in [-0.2, -0.15) is 0 Å². The van der Waals surface area contributed by atoms with Gasteiger partial charge in [0.25, 0.3) is 0 Å². The Morgan fingerprint density at radius 3 is 2.00 bits per heavy atom. The lowest BCUT2D eigenvalue weighted by atomic mass is 9.85. The van der Waals surface area contributed by atoms with Crippen molar-refractivity contribution < 1.29 is 19.4 Å². The highest BCUT2D eigenvalue weighted by Crippen LogP contribution is 2.35. The van der Waals surface area contributed by atoms with Gasteiger partial charge in [-0.1, -0.05) is 51.1 Å². The summed E-state index contributed by atoms with van der Waals surface area (Å²) in [6.07, 6.45) is 1.45. The summed E-state index contributed by atoms with van der Waals surface area (Å²) in [6.45, 7) is 6.06. The Morgan fingerprint density at radius 1 is 1.00 bits per heavy atom. The molecule has 0 bridgehead atoms. The number of phenols is 1. The molecule has 0 saturated heterocycles. The lowest BCUT2D eigenvalue weighted by Gasteiger charge is -2.22. The Kier molecular flexibility index (Phi) is 6.51. The standard InChI is InChI=1S/C12H16O3.C7H6O/c1-12(2,3)9-6-10(14)8(7-13)5-11(9)15-4;8-6-7-4-2-1-3-5-7/h5-7,14H,1-4H3;1-6H. The fraction of sp³-hybridized carbons (Fsp3) is 0.263. The van der Waals surface area contributed by atoms with Gasteiger partial charge in [0.2, 0.25) is 0 Å². The van der Waals surface area contributed by atoms with Crippen molar-refractivity contribution in [2.75, 3.05) is 7.11 Å². The van der Waals surface area contributed by atoms with Crippen molar-refractivity contribution in [2.24, 2.45) is 0 Å². The SMILES string of the molecule is COc1cc(C=O)c(O)cc1C(C)(C)C.O=Cc1ccccc1. The molecule has 0 aromatic heterocycles. The highest BCUT2D eigenvalue weighted by molar-refractivity contribution is 5.80. The van der Waals surface area contributed by atoms with Crippen molar-refractivity contribution in [1.29, 1.82) is 0 Å². The number of ether oxygens (including phenoxy) is 1. The van der Waals surface area contributed by atoms with Crippen LogP contribution in [0.25, 0.3) is 0 Å². The lowest BCUT2D eigenvalue weighted by molar-refractivity contribution is 0.111. The Balaban J connectivity index is 0.000000277. The van der Waals surface area contributed by atoms with Crippen LogP contribution in [0, 0.1) is 0 Å². The number of phenolic OH excluding ortho intramolecular Hbond substituents is 1. The van der Waals surface area contributed by atoms with Gasteiger partial charge in [-0.05, 0) is 17.5 Å². The largest absolute Gasteiger partial charge is 0.507 e. The number of aromatic hydroxyl groups is 1. The second-order valence-corrected chi connectivity index (χ2v) is 6.01. The van der Waals surface area contributed by atoms with E-state index in [0.29, 0.717) is 12.0 Å². The summed E-state index contributed by atoms with van der Waals surface area (Å²) in [6, 6.07) is 12.2. The minimum absolute atomic E-state index is 0.00396. The van der Waals surface area contributed by atoms with Crippen molar-refractivity contribution in [3.63, 3.8) is 0 Å². The fourth-order valence-electron chi connectivity index (χ4n) is 1.97. The molecule has 0 unspecified atom stereocenters. The summed E-state index contributed by atoms with van der Waals surface area (Å²) in [5, 5.41) is 9.59. The highest BCUT2D eigenvalue weighted by atomic mass is 16.5. The number of aldehydes is 2. The second kappa shape index (κ2) is 8.13. The molecule has 0 amide bonds. The molecule has 23 heavy (non-hydrogen) atoms. The predicted octanol–water partition coefficient (Wildman–Crippen LogP) is 4.01. The average Bonchev–Trinajstić information content (AvgIpc) is 2.55. The van der Waals surface area contributed by atoms with Crippen LogP contribution < -0.4 is 4.74 Å². The van der Waals surface area contributed by atoms with Crippen molar-refractivity contribution in [2.45, 2.75) is 26.2 Å². The van der Waals surface area contributed by atoms with E-state index < -0.39 is 0 Å². The molecule has 0 aliphatic carbocycles. The first-order valence-corrected chi connectivity index (χ1v) is 7.20. The maximum atomic E-state index is 10.6. The third kappa shape index (κ3) is 5.25. The maximum absolute atomic E-state index is 10.6. The lowest BCUT2D eigenvalue weighted by Crippen LogP contribution is -2.13. The summed E-state index contributed by atoms with van der Waals surface area (Å²) in [5.74, 6) is 0.623. The van der Waals surface area contributed by atoms with Gasteiger partial charge in [0.05, 0.1) is 12.7 Å². The van der Waals surface area contributed by atoms with Crippen molar-refractivity contribution in [1.82, 2.24) is 0 Å². The van der Waals surface area contributed by atoms with Crippen LogP contribution in [0.5, 0.6) is 11.5 Å². The molecule has 0 fully saturated rings. The molecule has 4 heteroatoms. The van der Waals surface area contributed by atoms with Gasteiger partial charge in [-0.3, -0.25) is 9.59 Å². The van der Waals surface area contributed by atoms with E-state index in [-0.39, 0.29) is 16.7 Å². The molecule has 122 valence electrons. The van der Waals surface area contributed by atoms with Crippen LogP contribution in [0.3, 0.4) is 0 Å². The zero-order valence-electron chi connectivity index (χ0n) is 13.9. The van der Waals surface area contributed by atoms with Crippen molar-refractivity contribution in [3.05, 3.63) is 59.2 Å². The number of carbonyl (C=O) groups excluding carboxylic acids is 2. The topological polar surface area (TPSA) is 63.6 Å². The van der Waals surface area contributed by atoms with Crippen LogP contribution >= 0.6 is 0 Å². The first kappa shape index (κ1) is 18.4. The van der Waals surface area contributed by atoms with Gasteiger partial charge in [-0.15, -0.1) is 0 Å². The molecule has 4 nitrogen and oxygen atoms in total. The zero-order valence-corrected chi connectivity index (χ0v) is 13.9. The van der Waals surface area contributed by atoms with E-state index >= 15 is 0 Å². The van der Waals surface area contributed by atoms with E-state index in [1.54, 1.807) is 31.4 Å². The highest BCUT2D eigenvalue weighted by Gasteiger charge is 2.20. The molecule has 0 saturated carbocycles. The van der Waals surface area contributed by atoms with Crippen LogP contribution in [0.4, 0.5) is 0 Å². The molecule has 2 rings (SSSR count). The van der Waals surface area contributed by atoms with Crippen molar-refractivity contribution in [3.8, 4) is 11.5 Å². The van der Waals surface area contributed by atoms with Gasteiger partial charge in [0.1, 0.15) is 17.8 Å². The summed E-state index contributed by atoms with van der Waals surface area (Å²) < 4.78 is 5.20. The van der Waals surface area contributed by atoms with E-state index in [1.165, 1.54) is 0 Å². The van der Waals surface area contributed by atoms with E-state index in [2.05, 4.69) is 0 Å². The Bertz CT molecular complexity index is 655. The molecule has 2 aromatic carbocycles. The minimum atomic E-state index is -0.135. The van der Waals surface area contributed by atoms with E-state index in [1.807, 2.05) is 39.0 Å². The molecule has 1 N–H and O–H groups in total. The first-order chi connectivity index (χ1) is 10.8. The molecule has 0 spiro atoms. The average molecular weight is 314 g/mol. The molecule has 0 aliphatic heterocycles. The third-order valence-electron chi connectivity index (χ3n) is 3.22. The van der Waals surface area contributed by atoms with Gasteiger partial charge in [0.15, 0.2) is 6.29 Å². The van der Waals surface area contributed by atoms with E-state index in [0.717, 1.165) is 17.4 Å². The van der Waals surface area contributed by atoms with Gasteiger partial charge >= 0.3 is 0 Å². The Hall–Kier alpha value is -2.62. The third-order valence-corrected chi connectivity index (χ3v) is 3.22. The van der Waals surface area contributed by atoms with Crippen molar-refractivity contribution >= 4 is 12.6 Å². The molecular formula is C19H22O4. The minimum Gasteiger partial charge on any atom is -0.507 e. The molecule has 0 heterocycles. The number of hydrogen-bond acceptors (Lipinski definition) is 4. The number of methoxy groups -OCH3 is 1. The molecule has 2 aromatic rings. The monoisotopic (exact) mass is 314 g/mol. The van der Waals surface area contributed by atoms with Crippen LogP contribution in [-0.2, 0) is 5.41 Å². The molecular weight excluding hydrogens is 292 g/mol. The van der Waals surface area contributed by atoms with E-state index in [9.17, 15) is 14.7 Å². The number of carbonyl (C=O) groups is 2. The Morgan fingerprint density at radius 2 is 1.61 bits per heavy atom. The summed E-state index contributed by atoms with van der Waals surface area (Å²) >= 11 is 0. The van der Waals surface area contributed by atoms with Crippen LogP contribution in [-0.4, -0.2) is 24.8 Å². The van der Waals surface area contributed by atoms with Gasteiger partial charge < -0.3 is 9.84 Å². The summed E-state index contributed by atoms with van der Waals surface area (Å²) in [7, 11) is 1.55. The predicted molar refractivity (Wildman–Crippen MR) is 90.6 cm³/mol. The number of rotatable bonds is 3. The molecule has 0 aliphatic rings. The maximum Gasteiger partial charge on any atom is 0.153 e. The zero-order chi connectivity index (χ0) is 17.5. The molecule has 0 radical (unpaired) electrons. The smallest absolute Gasteiger partial charge is 0.153 e. The quantitative estimate of drug-likeness (QED) is 0.869. The fourth-order valence-corrected chi connectivity index (χ4v) is 1.97. The van der Waals surface area contributed by atoms with E-state index in [4.69, 9.17) is 4.74 Å². The normalized spacial score (nSPS) is 10.3. The summed E-state index contributed by atoms with van der Waals surface area (Å²) in [4.78, 5) is 20.6. The number of benzene rings is 2. The first-order valence-electron chi connectivity index (χ1n) is 7.20. The van der Waals surface area contributed by atoms with Crippen LogP contribution in [0.2, 0.25) is 0 Å².